The molecule has 1 amide bonds. The van der Waals surface area contributed by atoms with Crippen LogP contribution >= 0.6 is 11.6 Å². The second-order valence-electron chi connectivity index (χ2n) is 5.75. The van der Waals surface area contributed by atoms with Crippen LogP contribution in [0.15, 0.2) is 53.9 Å². The normalized spacial score (nSPS) is 14.2. The number of carbonyl (C=O) groups excluding carboxylic acids is 1. The molecule has 0 saturated heterocycles. The summed E-state index contributed by atoms with van der Waals surface area (Å²) in [6, 6.07) is 13.3. The molecule has 5 nitrogen and oxygen atoms in total. The van der Waals surface area contributed by atoms with Crippen LogP contribution in [0.1, 0.15) is 17.5 Å². The Kier molecular flexibility index (Phi) is 3.78. The van der Waals surface area contributed by atoms with E-state index in [0.717, 1.165) is 34.3 Å². The fraction of sp³-hybridized carbons (Fsp3) is 0.167. The third-order valence-corrected chi connectivity index (χ3v) is 4.36. The van der Waals surface area contributed by atoms with Crippen molar-refractivity contribution in [1.29, 1.82) is 0 Å². The van der Waals surface area contributed by atoms with E-state index in [4.69, 9.17) is 11.6 Å². The smallest absolute Gasteiger partial charge is 0.247 e. The van der Waals surface area contributed by atoms with Gasteiger partial charge >= 0.3 is 0 Å². The molecule has 0 unspecified atom stereocenters. The first-order chi connectivity index (χ1) is 11.7. The van der Waals surface area contributed by atoms with E-state index >= 15 is 0 Å². The van der Waals surface area contributed by atoms with E-state index in [9.17, 15) is 4.79 Å². The molecule has 1 aliphatic heterocycles. The lowest BCUT2D eigenvalue weighted by Crippen LogP contribution is -2.25. The first kappa shape index (κ1) is 14.9. The van der Waals surface area contributed by atoms with Gasteiger partial charge in [0.15, 0.2) is 0 Å². The van der Waals surface area contributed by atoms with Gasteiger partial charge in [0.1, 0.15) is 0 Å². The number of H-pyrrole nitrogens is 1. The molecule has 4 rings (SSSR count). The van der Waals surface area contributed by atoms with E-state index in [1.807, 2.05) is 42.5 Å². The van der Waals surface area contributed by atoms with Crippen molar-refractivity contribution in [2.45, 2.75) is 12.8 Å². The van der Waals surface area contributed by atoms with E-state index in [0.29, 0.717) is 18.0 Å². The van der Waals surface area contributed by atoms with Gasteiger partial charge in [0.2, 0.25) is 5.91 Å². The average molecular weight is 339 g/mol. The highest BCUT2D eigenvalue weighted by Gasteiger charge is 2.21. The number of aromatic nitrogens is 2. The molecule has 24 heavy (non-hydrogen) atoms. The summed E-state index contributed by atoms with van der Waals surface area (Å²) in [5.74, 6) is -0.00201. The number of hydrogen-bond donors (Lipinski definition) is 1. The van der Waals surface area contributed by atoms with Crippen molar-refractivity contribution >= 4 is 34.3 Å². The topological polar surface area (TPSA) is 61.4 Å². The summed E-state index contributed by atoms with van der Waals surface area (Å²) in [4.78, 5) is 19.7. The summed E-state index contributed by atoms with van der Waals surface area (Å²) in [5.41, 5.74) is 4.71. The van der Waals surface area contributed by atoms with Gasteiger partial charge in [0.05, 0.1) is 36.0 Å². The van der Waals surface area contributed by atoms with Gasteiger partial charge in [-0.05, 0) is 35.4 Å². The maximum absolute atomic E-state index is 12.5. The van der Waals surface area contributed by atoms with Crippen LogP contribution in [0, 0.1) is 0 Å². The molecule has 2 heterocycles. The molecule has 0 fully saturated rings. The molecule has 1 aromatic heterocycles. The van der Waals surface area contributed by atoms with Crippen molar-refractivity contribution in [3.05, 3.63) is 64.9 Å². The number of benzene rings is 2. The van der Waals surface area contributed by atoms with Crippen molar-refractivity contribution in [3.63, 3.8) is 0 Å². The van der Waals surface area contributed by atoms with Crippen molar-refractivity contribution < 1.29 is 4.79 Å². The standard InChI is InChI=1S/C18H15ClN4O/c19-14-4-2-13(3-5-14)15-7-8-23(22-15)18(24)10-12-1-6-16-17(9-12)21-11-20-16/h1-6,9,11H,7-8,10H2,(H,20,21). The Balaban J connectivity index is 1.49. The molecular weight excluding hydrogens is 324 g/mol. The SMILES string of the molecule is O=C(Cc1ccc2nc[nH]c2c1)N1CCC(c2ccc(Cl)cc2)=N1. The minimum Gasteiger partial charge on any atom is -0.345 e. The van der Waals surface area contributed by atoms with Gasteiger partial charge < -0.3 is 4.98 Å². The number of aromatic amines is 1. The number of carbonyl (C=O) groups is 1. The zero-order valence-corrected chi connectivity index (χ0v) is 13.6. The van der Waals surface area contributed by atoms with Gasteiger partial charge in [-0.25, -0.2) is 9.99 Å². The van der Waals surface area contributed by atoms with E-state index in [1.165, 1.54) is 0 Å². The lowest BCUT2D eigenvalue weighted by molar-refractivity contribution is -0.130. The Bertz CT molecular complexity index is 930. The van der Waals surface area contributed by atoms with Crippen LogP contribution < -0.4 is 0 Å². The molecule has 120 valence electrons. The maximum atomic E-state index is 12.5. The highest BCUT2D eigenvalue weighted by atomic mass is 35.5. The molecule has 3 aromatic rings. The fourth-order valence-corrected chi connectivity index (χ4v) is 2.97. The van der Waals surface area contributed by atoms with E-state index in [-0.39, 0.29) is 5.91 Å². The number of imidazole rings is 1. The zero-order valence-electron chi connectivity index (χ0n) is 12.9. The summed E-state index contributed by atoms with van der Waals surface area (Å²) in [7, 11) is 0. The van der Waals surface area contributed by atoms with Crippen LogP contribution in [0.25, 0.3) is 11.0 Å². The second kappa shape index (κ2) is 6.09. The molecule has 0 radical (unpaired) electrons. The number of halogens is 1. The first-order valence-electron chi connectivity index (χ1n) is 7.75. The van der Waals surface area contributed by atoms with Crippen molar-refractivity contribution in [1.82, 2.24) is 15.0 Å². The van der Waals surface area contributed by atoms with Crippen LogP contribution in [0.4, 0.5) is 0 Å². The third kappa shape index (κ3) is 2.90. The quantitative estimate of drug-likeness (QED) is 0.795. The van der Waals surface area contributed by atoms with E-state index in [1.54, 1.807) is 11.3 Å². The predicted octanol–water partition coefficient (Wildman–Crippen LogP) is 3.40. The summed E-state index contributed by atoms with van der Waals surface area (Å²) in [6.45, 7) is 0.614. The third-order valence-electron chi connectivity index (χ3n) is 4.11. The van der Waals surface area contributed by atoms with Gasteiger partial charge in [0.25, 0.3) is 0 Å². The lowest BCUT2D eigenvalue weighted by Gasteiger charge is -2.11. The lowest BCUT2D eigenvalue weighted by atomic mass is 10.1. The van der Waals surface area contributed by atoms with Gasteiger partial charge in [0, 0.05) is 11.4 Å². The predicted molar refractivity (Wildman–Crippen MR) is 94.1 cm³/mol. The molecule has 6 heteroatoms. The number of amides is 1. The molecule has 0 saturated carbocycles. The number of hydrogen-bond acceptors (Lipinski definition) is 3. The largest absolute Gasteiger partial charge is 0.345 e. The molecule has 0 aliphatic carbocycles. The number of hydrazone groups is 1. The Morgan fingerprint density at radius 2 is 2.04 bits per heavy atom. The van der Waals surface area contributed by atoms with Crippen molar-refractivity contribution in [2.24, 2.45) is 5.10 Å². The minimum absolute atomic E-state index is 0.00201. The zero-order chi connectivity index (χ0) is 16.5. The van der Waals surface area contributed by atoms with Crippen LogP contribution in [0.2, 0.25) is 5.02 Å². The summed E-state index contributed by atoms with van der Waals surface area (Å²) < 4.78 is 0. The van der Waals surface area contributed by atoms with Crippen LogP contribution in [-0.4, -0.2) is 33.1 Å². The summed E-state index contributed by atoms with van der Waals surface area (Å²) in [6.07, 6.45) is 2.73. The van der Waals surface area contributed by atoms with Gasteiger partial charge in [-0.3, -0.25) is 4.79 Å². The maximum Gasteiger partial charge on any atom is 0.247 e. The Hall–Kier alpha value is -2.66. The van der Waals surface area contributed by atoms with Crippen LogP contribution in [-0.2, 0) is 11.2 Å². The molecular formula is C18H15ClN4O. The summed E-state index contributed by atoms with van der Waals surface area (Å²) in [5, 5.41) is 6.72. The van der Waals surface area contributed by atoms with Crippen LogP contribution in [0.5, 0.6) is 0 Å². The first-order valence-corrected chi connectivity index (χ1v) is 8.13. The molecule has 0 atom stereocenters. The van der Waals surface area contributed by atoms with Crippen LogP contribution in [0.3, 0.4) is 0 Å². The van der Waals surface area contributed by atoms with E-state index in [2.05, 4.69) is 15.1 Å². The Morgan fingerprint density at radius 1 is 1.21 bits per heavy atom. The van der Waals surface area contributed by atoms with Crippen molar-refractivity contribution in [2.75, 3.05) is 6.54 Å². The number of nitrogens with one attached hydrogen (secondary N) is 1. The van der Waals surface area contributed by atoms with Crippen molar-refractivity contribution in [3.8, 4) is 0 Å². The molecule has 0 bridgehead atoms. The second-order valence-corrected chi connectivity index (χ2v) is 6.19. The van der Waals surface area contributed by atoms with E-state index < -0.39 is 0 Å². The number of nitrogens with zero attached hydrogens (tertiary/aromatic N) is 3. The van der Waals surface area contributed by atoms with Gasteiger partial charge in [-0.1, -0.05) is 29.8 Å². The summed E-state index contributed by atoms with van der Waals surface area (Å²) >= 11 is 5.91. The fourth-order valence-electron chi connectivity index (χ4n) is 2.84. The highest BCUT2D eigenvalue weighted by molar-refractivity contribution is 6.30. The number of fused-ring (bicyclic) bond motifs is 1. The monoisotopic (exact) mass is 338 g/mol. The average Bonchev–Trinajstić information content (AvgIpc) is 3.24. The molecule has 1 N–H and O–H groups in total. The van der Waals surface area contributed by atoms with Gasteiger partial charge in [-0.2, -0.15) is 5.10 Å². The van der Waals surface area contributed by atoms with Gasteiger partial charge in [-0.15, -0.1) is 0 Å². The molecule has 0 spiro atoms. The highest BCUT2D eigenvalue weighted by Crippen LogP contribution is 2.18. The molecule has 2 aromatic carbocycles. The number of rotatable bonds is 3. The minimum atomic E-state index is -0.00201. The Morgan fingerprint density at radius 3 is 2.88 bits per heavy atom. The molecule has 1 aliphatic rings. The Labute approximate surface area is 144 Å².